The van der Waals surface area contributed by atoms with Crippen molar-refractivity contribution in [2.24, 2.45) is 5.92 Å². The highest BCUT2D eigenvalue weighted by Crippen LogP contribution is 2.50. The maximum atomic E-state index is 10.9. The number of nitrogens with zero attached hydrogens (tertiary/aromatic N) is 1. The van der Waals surface area contributed by atoms with Crippen LogP contribution in [0.15, 0.2) is 54.6 Å². The third-order valence-corrected chi connectivity index (χ3v) is 5.52. The summed E-state index contributed by atoms with van der Waals surface area (Å²) in [7, 11) is 0. The summed E-state index contributed by atoms with van der Waals surface area (Å²) in [5.74, 6) is 1.38. The standard InChI is InChI=1S/C21H22N2O2/c1-13(2)15-8-11-20-19(12-15)17-4-3-5-18(17)21(22-20)14-6-9-16(10-7-14)23(24)25/h3-4,6-13,17-18,21-22H,5H2,1-2H3. The van der Waals surface area contributed by atoms with Crippen LogP contribution in [0, 0.1) is 16.0 Å². The van der Waals surface area contributed by atoms with E-state index in [0.717, 1.165) is 12.0 Å². The lowest BCUT2D eigenvalue weighted by atomic mass is 9.76. The number of nitrogens with one attached hydrogen (secondary N) is 1. The van der Waals surface area contributed by atoms with Gasteiger partial charge in [-0.05, 0) is 41.0 Å². The van der Waals surface area contributed by atoms with E-state index in [9.17, 15) is 10.1 Å². The summed E-state index contributed by atoms with van der Waals surface area (Å²) in [5.41, 5.74) is 5.18. The van der Waals surface area contributed by atoms with Crippen LogP contribution in [0.4, 0.5) is 11.4 Å². The van der Waals surface area contributed by atoms with Crippen LogP contribution in [-0.2, 0) is 0 Å². The molecule has 128 valence electrons. The monoisotopic (exact) mass is 334 g/mol. The Hall–Kier alpha value is -2.62. The molecular formula is C21H22N2O2. The predicted molar refractivity (Wildman–Crippen MR) is 100.0 cm³/mol. The van der Waals surface area contributed by atoms with E-state index in [0.29, 0.717) is 17.8 Å². The van der Waals surface area contributed by atoms with Gasteiger partial charge >= 0.3 is 0 Å². The maximum Gasteiger partial charge on any atom is 0.269 e. The topological polar surface area (TPSA) is 55.2 Å². The highest BCUT2D eigenvalue weighted by atomic mass is 16.6. The Morgan fingerprint density at radius 1 is 1.16 bits per heavy atom. The Balaban J connectivity index is 1.71. The van der Waals surface area contributed by atoms with Crippen LogP contribution in [0.1, 0.15) is 54.8 Å². The minimum absolute atomic E-state index is 0.141. The van der Waals surface area contributed by atoms with Gasteiger partial charge in [0.1, 0.15) is 0 Å². The Morgan fingerprint density at radius 3 is 2.60 bits per heavy atom. The zero-order valence-electron chi connectivity index (χ0n) is 14.5. The first-order valence-electron chi connectivity index (χ1n) is 8.86. The normalized spacial score (nSPS) is 23.9. The van der Waals surface area contributed by atoms with Crippen LogP contribution in [0.3, 0.4) is 0 Å². The van der Waals surface area contributed by atoms with Crippen molar-refractivity contribution in [3.8, 4) is 0 Å². The third-order valence-electron chi connectivity index (χ3n) is 5.52. The van der Waals surface area contributed by atoms with Crippen molar-refractivity contribution in [2.45, 2.75) is 38.1 Å². The lowest BCUT2D eigenvalue weighted by Crippen LogP contribution is -2.29. The number of anilines is 1. The van der Waals surface area contributed by atoms with Gasteiger partial charge in [-0.3, -0.25) is 10.1 Å². The van der Waals surface area contributed by atoms with Gasteiger partial charge in [-0.25, -0.2) is 0 Å². The number of benzene rings is 2. The molecule has 2 aliphatic rings. The summed E-state index contributed by atoms with van der Waals surface area (Å²) in [6.45, 7) is 4.44. The molecule has 4 heteroatoms. The van der Waals surface area contributed by atoms with Crippen molar-refractivity contribution < 1.29 is 4.92 Å². The second-order valence-electron chi connectivity index (χ2n) is 7.33. The SMILES string of the molecule is CC(C)c1ccc2c(c1)C1C=CCC1C(c1ccc([N+](=O)[O-])cc1)N2. The summed E-state index contributed by atoms with van der Waals surface area (Å²) in [6, 6.07) is 13.9. The van der Waals surface area contributed by atoms with Crippen LogP contribution in [0.25, 0.3) is 0 Å². The summed E-state index contributed by atoms with van der Waals surface area (Å²) in [6.07, 6.45) is 5.63. The number of fused-ring (bicyclic) bond motifs is 3. The van der Waals surface area contributed by atoms with Gasteiger partial charge in [0.15, 0.2) is 0 Å². The number of allylic oxidation sites excluding steroid dienone is 2. The first kappa shape index (κ1) is 15.9. The molecule has 25 heavy (non-hydrogen) atoms. The lowest BCUT2D eigenvalue weighted by molar-refractivity contribution is -0.384. The summed E-state index contributed by atoms with van der Waals surface area (Å²) in [4.78, 5) is 10.6. The smallest absolute Gasteiger partial charge is 0.269 e. The number of hydrogen-bond donors (Lipinski definition) is 1. The van der Waals surface area contributed by atoms with Gasteiger partial charge < -0.3 is 5.32 Å². The van der Waals surface area contributed by atoms with Crippen LogP contribution in [0.2, 0.25) is 0 Å². The molecule has 0 bridgehead atoms. The van der Waals surface area contributed by atoms with Crippen LogP contribution in [-0.4, -0.2) is 4.92 Å². The zero-order chi connectivity index (χ0) is 17.6. The van der Waals surface area contributed by atoms with Crippen molar-refractivity contribution in [1.82, 2.24) is 0 Å². The van der Waals surface area contributed by atoms with Gasteiger partial charge in [0, 0.05) is 23.7 Å². The fourth-order valence-corrected chi connectivity index (χ4v) is 4.11. The van der Waals surface area contributed by atoms with Crippen LogP contribution >= 0.6 is 0 Å². The molecule has 0 fully saturated rings. The lowest BCUT2D eigenvalue weighted by Gasteiger charge is -2.38. The van der Waals surface area contributed by atoms with Crippen molar-refractivity contribution in [3.05, 3.63) is 81.4 Å². The fraction of sp³-hybridized carbons (Fsp3) is 0.333. The van der Waals surface area contributed by atoms with Gasteiger partial charge in [0.2, 0.25) is 0 Å². The first-order valence-corrected chi connectivity index (χ1v) is 8.86. The Kier molecular flexibility index (Phi) is 3.83. The largest absolute Gasteiger partial charge is 0.378 e. The van der Waals surface area contributed by atoms with E-state index in [1.165, 1.54) is 16.8 Å². The van der Waals surface area contributed by atoms with Crippen molar-refractivity contribution in [3.63, 3.8) is 0 Å². The van der Waals surface area contributed by atoms with E-state index in [4.69, 9.17) is 0 Å². The molecule has 1 aliphatic carbocycles. The van der Waals surface area contributed by atoms with Gasteiger partial charge in [0.05, 0.1) is 11.0 Å². The van der Waals surface area contributed by atoms with Gasteiger partial charge in [-0.1, -0.05) is 50.3 Å². The third kappa shape index (κ3) is 2.72. The van der Waals surface area contributed by atoms with E-state index in [-0.39, 0.29) is 16.7 Å². The van der Waals surface area contributed by atoms with Gasteiger partial charge in [-0.2, -0.15) is 0 Å². The molecule has 3 atom stereocenters. The molecule has 2 aromatic rings. The molecular weight excluding hydrogens is 312 g/mol. The van der Waals surface area contributed by atoms with Crippen molar-refractivity contribution >= 4 is 11.4 Å². The Labute approximate surface area is 147 Å². The molecule has 3 unspecified atom stereocenters. The van der Waals surface area contributed by atoms with E-state index in [2.05, 4.69) is 49.5 Å². The molecule has 1 heterocycles. The number of nitro benzene ring substituents is 1. The first-order chi connectivity index (χ1) is 12.0. The Morgan fingerprint density at radius 2 is 1.92 bits per heavy atom. The molecule has 0 spiro atoms. The van der Waals surface area contributed by atoms with Crippen LogP contribution in [0.5, 0.6) is 0 Å². The fourth-order valence-electron chi connectivity index (χ4n) is 4.11. The molecule has 2 aromatic carbocycles. The average Bonchev–Trinajstić information content (AvgIpc) is 3.10. The quantitative estimate of drug-likeness (QED) is 0.455. The van der Waals surface area contributed by atoms with Gasteiger partial charge in [-0.15, -0.1) is 0 Å². The minimum Gasteiger partial charge on any atom is -0.378 e. The maximum absolute atomic E-state index is 10.9. The molecule has 0 aromatic heterocycles. The second-order valence-corrected chi connectivity index (χ2v) is 7.33. The highest BCUT2D eigenvalue weighted by molar-refractivity contribution is 5.61. The van der Waals surface area contributed by atoms with E-state index >= 15 is 0 Å². The van der Waals surface area contributed by atoms with Gasteiger partial charge in [0.25, 0.3) is 5.69 Å². The minimum atomic E-state index is -0.346. The van der Waals surface area contributed by atoms with E-state index in [1.54, 1.807) is 12.1 Å². The van der Waals surface area contributed by atoms with E-state index < -0.39 is 0 Å². The zero-order valence-corrected chi connectivity index (χ0v) is 14.5. The number of hydrogen-bond acceptors (Lipinski definition) is 3. The average molecular weight is 334 g/mol. The molecule has 0 amide bonds. The predicted octanol–water partition coefficient (Wildman–Crippen LogP) is 5.54. The molecule has 1 N–H and O–H groups in total. The molecule has 1 aliphatic heterocycles. The number of non-ortho nitro benzene ring substituents is 1. The summed E-state index contributed by atoms with van der Waals surface area (Å²) in [5, 5.41) is 14.6. The summed E-state index contributed by atoms with van der Waals surface area (Å²) < 4.78 is 0. The molecule has 4 nitrogen and oxygen atoms in total. The molecule has 0 saturated carbocycles. The summed E-state index contributed by atoms with van der Waals surface area (Å²) >= 11 is 0. The number of rotatable bonds is 3. The highest BCUT2D eigenvalue weighted by Gasteiger charge is 2.38. The Bertz CT molecular complexity index is 839. The number of nitro groups is 1. The van der Waals surface area contributed by atoms with Crippen molar-refractivity contribution in [2.75, 3.05) is 5.32 Å². The molecule has 0 saturated heterocycles. The second kappa shape index (κ2) is 6.03. The van der Waals surface area contributed by atoms with Crippen molar-refractivity contribution in [1.29, 1.82) is 0 Å². The van der Waals surface area contributed by atoms with Crippen LogP contribution < -0.4 is 5.32 Å². The molecule has 0 radical (unpaired) electrons. The van der Waals surface area contributed by atoms with E-state index in [1.807, 2.05) is 12.1 Å². The molecule has 4 rings (SSSR count).